The number of aliphatic hydroxyl groups is 1. The summed E-state index contributed by atoms with van der Waals surface area (Å²) >= 11 is 0. The fraction of sp³-hybridized carbons (Fsp3) is 0.250. The number of Topliss-reactive ketones (excluding diaryl/α,β-unsaturated/α-hetero) is 1. The van der Waals surface area contributed by atoms with Gasteiger partial charge in [-0.15, -0.1) is 0 Å². The highest BCUT2D eigenvalue weighted by Crippen LogP contribution is 2.40. The third-order valence-electron chi connectivity index (χ3n) is 2.60. The quantitative estimate of drug-likeness (QED) is 0.791. The van der Waals surface area contributed by atoms with Gasteiger partial charge in [0, 0.05) is 0 Å². The summed E-state index contributed by atoms with van der Waals surface area (Å²) in [4.78, 5) is 11.7. The van der Waals surface area contributed by atoms with Gasteiger partial charge in [-0.3, -0.25) is 4.79 Å². The minimum atomic E-state index is -1.46. The van der Waals surface area contributed by atoms with E-state index in [1.165, 1.54) is 14.0 Å². The minimum absolute atomic E-state index is 0.287. The maximum atomic E-state index is 11.7. The Balaban J connectivity index is 2.52. The number of ether oxygens (including phenoxy) is 1. The third kappa shape index (κ3) is 1.27. The second-order valence-electron chi connectivity index (χ2n) is 3.68. The number of hydrogen-bond acceptors (Lipinski definition) is 3. The van der Waals surface area contributed by atoms with Gasteiger partial charge in [0.05, 0.1) is 12.7 Å². The highest BCUT2D eigenvalue weighted by Gasteiger charge is 2.50. The first-order valence-electron chi connectivity index (χ1n) is 4.70. The van der Waals surface area contributed by atoms with Gasteiger partial charge < -0.3 is 9.84 Å². The highest BCUT2D eigenvalue weighted by atomic mass is 16.5. The number of methoxy groups -OCH3 is 1. The molecule has 0 bridgehead atoms. The lowest BCUT2D eigenvalue weighted by atomic mass is 9.76. The van der Waals surface area contributed by atoms with Gasteiger partial charge in [0.2, 0.25) is 5.78 Å². The van der Waals surface area contributed by atoms with Crippen molar-refractivity contribution in [2.45, 2.75) is 12.5 Å². The van der Waals surface area contributed by atoms with Crippen LogP contribution in [0.1, 0.15) is 12.5 Å². The normalized spacial score (nSPS) is 25.1. The van der Waals surface area contributed by atoms with Crippen molar-refractivity contribution in [1.29, 1.82) is 0 Å². The van der Waals surface area contributed by atoms with Gasteiger partial charge in [0.1, 0.15) is 5.76 Å². The number of benzene rings is 1. The molecule has 0 heterocycles. The van der Waals surface area contributed by atoms with Crippen molar-refractivity contribution < 1.29 is 14.6 Å². The number of carbonyl (C=O) groups excluding carboxylic acids is 1. The lowest BCUT2D eigenvalue weighted by Crippen LogP contribution is -2.48. The van der Waals surface area contributed by atoms with E-state index in [2.05, 4.69) is 0 Å². The van der Waals surface area contributed by atoms with Crippen LogP contribution in [0, 0.1) is 0 Å². The van der Waals surface area contributed by atoms with Gasteiger partial charge in [-0.1, -0.05) is 30.3 Å². The second-order valence-corrected chi connectivity index (χ2v) is 3.68. The van der Waals surface area contributed by atoms with Crippen LogP contribution >= 0.6 is 0 Å². The van der Waals surface area contributed by atoms with Crippen molar-refractivity contribution in [2.75, 3.05) is 7.11 Å². The van der Waals surface area contributed by atoms with E-state index < -0.39 is 5.60 Å². The van der Waals surface area contributed by atoms with Crippen LogP contribution in [0.3, 0.4) is 0 Å². The van der Waals surface area contributed by atoms with Crippen molar-refractivity contribution in [2.24, 2.45) is 0 Å². The molecule has 3 heteroatoms. The van der Waals surface area contributed by atoms with Gasteiger partial charge in [-0.25, -0.2) is 0 Å². The van der Waals surface area contributed by atoms with E-state index in [0.717, 1.165) is 5.56 Å². The highest BCUT2D eigenvalue weighted by molar-refractivity contribution is 6.33. The SMILES string of the molecule is COC1=C(c2ccccc2)C(=O)C1(C)O. The Labute approximate surface area is 88.0 Å². The first kappa shape index (κ1) is 9.93. The lowest BCUT2D eigenvalue weighted by molar-refractivity contribution is -0.133. The molecule has 1 unspecified atom stereocenters. The van der Waals surface area contributed by atoms with E-state index in [-0.39, 0.29) is 5.78 Å². The van der Waals surface area contributed by atoms with Crippen molar-refractivity contribution >= 4 is 11.4 Å². The zero-order chi connectivity index (χ0) is 11.1. The fourth-order valence-electron chi connectivity index (χ4n) is 1.80. The molecule has 1 aromatic carbocycles. The standard InChI is InChI=1S/C12H12O3/c1-12(14)10(13)9(11(12)15-2)8-6-4-3-5-7-8/h3-7,14H,1-2H3. The Kier molecular flexibility index (Phi) is 2.12. The van der Waals surface area contributed by atoms with Crippen LogP contribution in [0.5, 0.6) is 0 Å². The molecular weight excluding hydrogens is 192 g/mol. The number of ketones is 1. The molecule has 0 aliphatic heterocycles. The summed E-state index contributed by atoms with van der Waals surface area (Å²) in [5.74, 6) is 0.0595. The zero-order valence-electron chi connectivity index (χ0n) is 8.65. The van der Waals surface area contributed by atoms with Crippen molar-refractivity contribution in [3.8, 4) is 0 Å². The van der Waals surface area contributed by atoms with Crippen LogP contribution in [-0.2, 0) is 9.53 Å². The number of rotatable bonds is 2. The molecule has 1 atom stereocenters. The van der Waals surface area contributed by atoms with E-state index >= 15 is 0 Å². The summed E-state index contributed by atoms with van der Waals surface area (Å²) in [6.07, 6.45) is 0. The van der Waals surface area contributed by atoms with Gasteiger partial charge in [0.15, 0.2) is 5.60 Å². The van der Waals surface area contributed by atoms with Crippen molar-refractivity contribution in [3.63, 3.8) is 0 Å². The van der Waals surface area contributed by atoms with E-state index in [0.29, 0.717) is 11.3 Å². The molecule has 3 nitrogen and oxygen atoms in total. The average molecular weight is 204 g/mol. The summed E-state index contributed by atoms with van der Waals surface area (Å²) < 4.78 is 5.05. The Morgan fingerprint density at radius 2 is 1.87 bits per heavy atom. The van der Waals surface area contributed by atoms with Gasteiger partial charge in [0.25, 0.3) is 0 Å². The molecule has 0 aromatic heterocycles. The Bertz CT molecular complexity index is 429. The number of hydrogen-bond donors (Lipinski definition) is 1. The smallest absolute Gasteiger partial charge is 0.205 e. The zero-order valence-corrected chi connectivity index (χ0v) is 8.65. The molecule has 1 aliphatic rings. The summed E-state index contributed by atoms with van der Waals surface area (Å²) in [7, 11) is 1.46. The number of carbonyl (C=O) groups is 1. The Morgan fingerprint density at radius 1 is 1.27 bits per heavy atom. The largest absolute Gasteiger partial charge is 0.497 e. The van der Waals surface area contributed by atoms with Crippen LogP contribution in [0.25, 0.3) is 5.57 Å². The van der Waals surface area contributed by atoms with Crippen LogP contribution < -0.4 is 0 Å². The summed E-state index contributed by atoms with van der Waals surface area (Å²) in [6, 6.07) is 9.20. The van der Waals surface area contributed by atoms with Crippen LogP contribution in [0.2, 0.25) is 0 Å². The maximum absolute atomic E-state index is 11.7. The molecule has 15 heavy (non-hydrogen) atoms. The van der Waals surface area contributed by atoms with Crippen LogP contribution in [0.4, 0.5) is 0 Å². The molecule has 78 valence electrons. The lowest BCUT2D eigenvalue weighted by Gasteiger charge is -2.35. The average Bonchev–Trinajstić information content (AvgIpc) is 2.25. The third-order valence-corrected chi connectivity index (χ3v) is 2.60. The van der Waals surface area contributed by atoms with E-state index in [9.17, 15) is 9.90 Å². The van der Waals surface area contributed by atoms with Gasteiger partial charge >= 0.3 is 0 Å². The van der Waals surface area contributed by atoms with E-state index in [1.54, 1.807) is 0 Å². The summed E-state index contributed by atoms with van der Waals surface area (Å²) in [6.45, 7) is 1.45. The molecular formula is C12H12O3. The fourth-order valence-corrected chi connectivity index (χ4v) is 1.80. The monoisotopic (exact) mass is 204 g/mol. The Morgan fingerprint density at radius 3 is 2.40 bits per heavy atom. The first-order valence-corrected chi connectivity index (χ1v) is 4.70. The predicted octanol–water partition coefficient (Wildman–Crippen LogP) is 1.38. The molecule has 0 radical (unpaired) electrons. The molecule has 0 spiro atoms. The molecule has 0 amide bonds. The Hall–Kier alpha value is -1.61. The van der Waals surface area contributed by atoms with Gasteiger partial charge in [-0.2, -0.15) is 0 Å². The van der Waals surface area contributed by atoms with E-state index in [1.807, 2.05) is 30.3 Å². The van der Waals surface area contributed by atoms with Crippen LogP contribution in [0.15, 0.2) is 36.1 Å². The van der Waals surface area contributed by atoms with Crippen molar-refractivity contribution in [1.82, 2.24) is 0 Å². The van der Waals surface area contributed by atoms with Gasteiger partial charge in [-0.05, 0) is 12.5 Å². The molecule has 1 aliphatic carbocycles. The van der Waals surface area contributed by atoms with Crippen molar-refractivity contribution in [3.05, 3.63) is 41.7 Å². The summed E-state index contributed by atoms with van der Waals surface area (Å²) in [5, 5.41) is 9.74. The van der Waals surface area contributed by atoms with Crippen LogP contribution in [-0.4, -0.2) is 23.6 Å². The molecule has 1 N–H and O–H groups in total. The van der Waals surface area contributed by atoms with E-state index in [4.69, 9.17) is 4.74 Å². The molecule has 0 saturated carbocycles. The molecule has 2 rings (SSSR count). The molecule has 0 saturated heterocycles. The predicted molar refractivity (Wildman–Crippen MR) is 56.0 cm³/mol. The second kappa shape index (κ2) is 3.21. The topological polar surface area (TPSA) is 46.5 Å². The summed E-state index contributed by atoms with van der Waals surface area (Å²) in [5.41, 5.74) is -0.200. The minimum Gasteiger partial charge on any atom is -0.497 e. The molecule has 1 aromatic rings. The maximum Gasteiger partial charge on any atom is 0.205 e. The first-order chi connectivity index (χ1) is 7.09. The molecule has 0 fully saturated rings.